The highest BCUT2D eigenvalue weighted by Crippen LogP contribution is 2.37. The minimum Gasteiger partial charge on any atom is -0.444 e. The summed E-state index contributed by atoms with van der Waals surface area (Å²) in [7, 11) is -1.99. The molecule has 0 radical (unpaired) electrons. The zero-order chi connectivity index (χ0) is 25.2. The lowest BCUT2D eigenvalue weighted by molar-refractivity contribution is -0.384. The van der Waals surface area contributed by atoms with Crippen LogP contribution in [0.15, 0.2) is 12.3 Å². The van der Waals surface area contributed by atoms with Gasteiger partial charge in [-0.1, -0.05) is 27.7 Å². The molecule has 33 heavy (non-hydrogen) atoms. The molecule has 1 aromatic rings. The van der Waals surface area contributed by atoms with Crippen LogP contribution in [0.5, 0.6) is 0 Å². The number of carbonyl (C=O) groups excluding carboxylic acids is 1. The number of hydrogen-bond acceptors (Lipinski definition) is 7. The summed E-state index contributed by atoms with van der Waals surface area (Å²) >= 11 is 0. The lowest BCUT2D eigenvalue weighted by atomic mass is 9.95. The number of nitrogens with one attached hydrogen (secondary N) is 1. The molecular formula is C23H40N4O5Si. The number of nitro groups is 1. The third kappa shape index (κ3) is 7.67. The van der Waals surface area contributed by atoms with Gasteiger partial charge in [0, 0.05) is 19.1 Å². The number of carbonyl (C=O) groups is 1. The fourth-order valence-electron chi connectivity index (χ4n) is 3.55. The van der Waals surface area contributed by atoms with Crippen LogP contribution in [0, 0.1) is 16.0 Å². The van der Waals surface area contributed by atoms with Gasteiger partial charge >= 0.3 is 11.8 Å². The minimum absolute atomic E-state index is 0.0452. The topological polar surface area (TPSA) is 107 Å². The summed E-state index contributed by atoms with van der Waals surface area (Å²) in [6.07, 6.45) is 1.61. The number of rotatable bonds is 6. The molecule has 186 valence electrons. The molecule has 2 heterocycles. The van der Waals surface area contributed by atoms with E-state index in [1.807, 2.05) is 25.7 Å². The molecule has 0 aromatic carbocycles. The van der Waals surface area contributed by atoms with Crippen molar-refractivity contribution < 1.29 is 18.9 Å². The normalized spacial score (nSPS) is 19.8. The Kier molecular flexibility index (Phi) is 8.17. The lowest BCUT2D eigenvalue weighted by Gasteiger charge is -2.38. The van der Waals surface area contributed by atoms with Crippen molar-refractivity contribution in [2.24, 2.45) is 5.92 Å². The fourth-order valence-corrected chi connectivity index (χ4v) is 4.49. The Hall–Kier alpha value is -2.20. The van der Waals surface area contributed by atoms with Gasteiger partial charge in [-0.2, -0.15) is 0 Å². The van der Waals surface area contributed by atoms with Gasteiger partial charge in [0.05, 0.1) is 17.2 Å². The zero-order valence-electron chi connectivity index (χ0n) is 21.5. The van der Waals surface area contributed by atoms with Gasteiger partial charge in [-0.15, -0.1) is 0 Å². The average molecular weight is 481 g/mol. The molecule has 0 unspecified atom stereocenters. The second kappa shape index (κ2) is 9.96. The standard InChI is InChI=1S/C23H40N4O5Si/c1-16-10-17(25-21(28)32-22(2,3)4)14-26(13-16)19-11-18(24-12-20(19)27(29)30)15-31-33(8,9)23(5,6)7/h11-12,16-17H,10,13-15H2,1-9H3,(H,25,28)/t16-,17+/m1/s1. The number of hydrogen-bond donors (Lipinski definition) is 1. The lowest BCUT2D eigenvalue weighted by Crippen LogP contribution is -2.51. The molecule has 1 aliphatic rings. The maximum absolute atomic E-state index is 12.3. The number of ether oxygens (including phenoxy) is 1. The van der Waals surface area contributed by atoms with E-state index < -0.39 is 24.9 Å². The van der Waals surface area contributed by atoms with Crippen molar-refractivity contribution in [3.8, 4) is 0 Å². The molecular weight excluding hydrogens is 440 g/mol. The highest BCUT2D eigenvalue weighted by molar-refractivity contribution is 6.74. The summed E-state index contributed by atoms with van der Waals surface area (Å²) in [5.41, 5.74) is 0.533. The van der Waals surface area contributed by atoms with Crippen molar-refractivity contribution in [2.45, 2.75) is 91.3 Å². The van der Waals surface area contributed by atoms with E-state index in [1.165, 1.54) is 6.20 Å². The van der Waals surface area contributed by atoms with Gasteiger partial charge in [-0.25, -0.2) is 4.79 Å². The number of alkyl carbamates (subject to hydrolysis) is 1. The SMILES string of the molecule is C[C@@H]1C[C@H](NC(=O)OC(C)(C)C)CN(c2cc(CO[Si](C)(C)C(C)(C)C)ncc2[N+](=O)[O-])C1. The van der Waals surface area contributed by atoms with E-state index in [1.54, 1.807) is 6.07 Å². The van der Waals surface area contributed by atoms with Crippen LogP contribution < -0.4 is 10.2 Å². The Morgan fingerprint density at radius 3 is 2.45 bits per heavy atom. The molecule has 9 nitrogen and oxygen atoms in total. The summed E-state index contributed by atoms with van der Waals surface area (Å²) < 4.78 is 11.7. The van der Waals surface area contributed by atoms with Crippen molar-refractivity contribution in [1.29, 1.82) is 0 Å². The van der Waals surface area contributed by atoms with E-state index in [9.17, 15) is 14.9 Å². The van der Waals surface area contributed by atoms with Crippen LogP contribution in [0.3, 0.4) is 0 Å². The fraction of sp³-hybridized carbons (Fsp3) is 0.739. The van der Waals surface area contributed by atoms with Gasteiger partial charge in [-0.05, 0) is 57.3 Å². The van der Waals surface area contributed by atoms with Gasteiger partial charge in [0.1, 0.15) is 17.5 Å². The first-order chi connectivity index (χ1) is 15.0. The monoisotopic (exact) mass is 480 g/mol. The predicted octanol–water partition coefficient (Wildman–Crippen LogP) is 5.25. The van der Waals surface area contributed by atoms with Gasteiger partial charge < -0.3 is 19.4 Å². The number of anilines is 1. The van der Waals surface area contributed by atoms with Crippen LogP contribution in [0.2, 0.25) is 18.1 Å². The highest BCUT2D eigenvalue weighted by atomic mass is 28.4. The van der Waals surface area contributed by atoms with Crippen LogP contribution in [-0.4, -0.2) is 49.1 Å². The maximum Gasteiger partial charge on any atom is 0.407 e. The second-order valence-electron chi connectivity index (χ2n) is 11.6. The van der Waals surface area contributed by atoms with E-state index in [-0.39, 0.29) is 22.7 Å². The van der Waals surface area contributed by atoms with Crippen molar-refractivity contribution in [3.05, 3.63) is 28.1 Å². The van der Waals surface area contributed by atoms with Crippen molar-refractivity contribution in [3.63, 3.8) is 0 Å². The van der Waals surface area contributed by atoms with Gasteiger partial charge in [0.25, 0.3) is 0 Å². The Morgan fingerprint density at radius 1 is 1.27 bits per heavy atom. The number of pyridine rings is 1. The molecule has 1 fully saturated rings. The summed E-state index contributed by atoms with van der Waals surface area (Å²) in [4.78, 5) is 29.9. The predicted molar refractivity (Wildman–Crippen MR) is 132 cm³/mol. The average Bonchev–Trinajstić information content (AvgIpc) is 2.63. The first-order valence-electron chi connectivity index (χ1n) is 11.5. The van der Waals surface area contributed by atoms with Crippen molar-refractivity contribution in [1.82, 2.24) is 10.3 Å². The third-order valence-corrected chi connectivity index (χ3v) is 10.7. The van der Waals surface area contributed by atoms with E-state index in [0.717, 1.165) is 6.42 Å². The van der Waals surface area contributed by atoms with Crippen molar-refractivity contribution >= 4 is 25.8 Å². The number of aromatic nitrogens is 1. The minimum atomic E-state index is -1.99. The molecule has 0 aliphatic carbocycles. The Bertz CT molecular complexity index is 863. The molecule has 1 aromatic heterocycles. The first-order valence-corrected chi connectivity index (χ1v) is 14.4. The van der Waals surface area contributed by atoms with Gasteiger partial charge in [-0.3, -0.25) is 15.1 Å². The molecule has 10 heteroatoms. The molecule has 2 atom stereocenters. The molecule has 2 rings (SSSR count). The molecule has 0 saturated carbocycles. The highest BCUT2D eigenvalue weighted by Gasteiger charge is 2.37. The van der Waals surface area contributed by atoms with Crippen LogP contribution >= 0.6 is 0 Å². The molecule has 1 N–H and O–H groups in total. The zero-order valence-corrected chi connectivity index (χ0v) is 22.5. The first kappa shape index (κ1) is 27.0. The van der Waals surface area contributed by atoms with Crippen LogP contribution in [0.4, 0.5) is 16.2 Å². The van der Waals surface area contributed by atoms with Crippen LogP contribution in [-0.2, 0) is 15.8 Å². The largest absolute Gasteiger partial charge is 0.444 e. The van der Waals surface area contributed by atoms with Crippen LogP contribution in [0.25, 0.3) is 0 Å². The van der Waals surface area contributed by atoms with E-state index in [2.05, 4.69) is 51.1 Å². The van der Waals surface area contributed by atoms with E-state index in [4.69, 9.17) is 9.16 Å². The Morgan fingerprint density at radius 2 is 1.91 bits per heavy atom. The smallest absolute Gasteiger partial charge is 0.407 e. The number of nitrogens with zero attached hydrogens (tertiary/aromatic N) is 3. The molecule has 0 bridgehead atoms. The Balaban J connectivity index is 2.24. The summed E-state index contributed by atoms with van der Waals surface area (Å²) in [6, 6.07) is 1.58. The summed E-state index contributed by atoms with van der Waals surface area (Å²) in [6.45, 7) is 19.8. The van der Waals surface area contributed by atoms with E-state index in [0.29, 0.717) is 31.1 Å². The third-order valence-electron chi connectivity index (χ3n) is 6.22. The molecule has 1 amide bonds. The van der Waals surface area contributed by atoms with E-state index >= 15 is 0 Å². The number of piperidine rings is 1. The maximum atomic E-state index is 12.3. The second-order valence-corrected chi connectivity index (χ2v) is 16.4. The Labute approximate surface area is 198 Å². The van der Waals surface area contributed by atoms with Gasteiger partial charge in [0.2, 0.25) is 0 Å². The van der Waals surface area contributed by atoms with Gasteiger partial charge in [0.15, 0.2) is 8.32 Å². The number of amides is 1. The summed E-state index contributed by atoms with van der Waals surface area (Å²) in [5, 5.41) is 14.7. The molecule has 0 spiro atoms. The van der Waals surface area contributed by atoms with Crippen molar-refractivity contribution in [2.75, 3.05) is 18.0 Å². The molecule has 1 aliphatic heterocycles. The van der Waals surface area contributed by atoms with Crippen LogP contribution in [0.1, 0.15) is 60.6 Å². The summed E-state index contributed by atoms with van der Waals surface area (Å²) in [5.74, 6) is 0.235. The molecule has 1 saturated heterocycles. The quantitative estimate of drug-likeness (QED) is 0.336.